The average Bonchev–Trinajstić information content (AvgIpc) is 2.12. The summed E-state index contributed by atoms with van der Waals surface area (Å²) in [6.07, 6.45) is 0. The zero-order valence-electron chi connectivity index (χ0n) is 10.7. The zero-order valence-corrected chi connectivity index (χ0v) is 13.7. The van der Waals surface area contributed by atoms with E-state index in [9.17, 15) is 0 Å². The quantitative estimate of drug-likeness (QED) is 0.823. The third-order valence-electron chi connectivity index (χ3n) is 2.65. The molecule has 0 unspecified atom stereocenters. The van der Waals surface area contributed by atoms with Crippen LogP contribution in [-0.2, 0) is 16.4 Å². The van der Waals surface area contributed by atoms with Gasteiger partial charge in [0.05, 0.1) is 0 Å². The van der Waals surface area contributed by atoms with Crippen LogP contribution in [0.5, 0.6) is 0 Å². The van der Waals surface area contributed by atoms with Crippen LogP contribution in [0.15, 0.2) is 0 Å². The molecular weight excluding hydrogens is 346 g/mol. The van der Waals surface area contributed by atoms with Crippen LogP contribution in [0.4, 0.5) is 0 Å². The molecule has 0 fully saturated rings. The van der Waals surface area contributed by atoms with Crippen LogP contribution >= 0.6 is 0 Å². The van der Waals surface area contributed by atoms with E-state index in [1.165, 1.54) is 0 Å². The Morgan fingerprint density at radius 2 is 1.29 bits per heavy atom. The van der Waals surface area contributed by atoms with E-state index in [-0.39, 0.29) is 3.80 Å². The summed E-state index contributed by atoms with van der Waals surface area (Å²) in [5.41, 5.74) is 0. The van der Waals surface area contributed by atoms with E-state index in [0.29, 0.717) is 0 Å². The molecule has 0 bridgehead atoms. The molecule has 0 aromatic heterocycles. The molecule has 0 spiro atoms. The first kappa shape index (κ1) is 14.4. The topological polar surface area (TPSA) is 30.3 Å². The molecule has 3 nitrogen and oxygen atoms in total. The molecule has 0 radical (unpaired) electrons. The van der Waals surface area contributed by atoms with E-state index in [2.05, 4.69) is 55.6 Å². The van der Waals surface area contributed by atoms with Crippen molar-refractivity contribution in [3.8, 4) is 0 Å². The third-order valence-corrected chi connectivity index (χ3v) is 17.1. The zero-order chi connectivity index (χ0) is 11.6. The molecule has 0 aromatic carbocycles. The summed E-state index contributed by atoms with van der Waals surface area (Å²) in [6.45, 7) is 12.9. The minimum absolute atomic E-state index is 0.127. The van der Waals surface area contributed by atoms with Crippen molar-refractivity contribution in [2.45, 2.75) is 38.4 Å². The summed E-state index contributed by atoms with van der Waals surface area (Å²) < 4.78 is 13.6. The SMILES string of the molecule is CC[N](C)[W](=[NH])([N](C)CC)[C](C)(C)C. The van der Waals surface area contributed by atoms with Gasteiger partial charge in [-0.2, -0.15) is 0 Å². The molecule has 87 valence electrons. The average molecular weight is 372 g/mol. The van der Waals surface area contributed by atoms with Gasteiger partial charge in [0.25, 0.3) is 0 Å². The van der Waals surface area contributed by atoms with E-state index in [1.54, 1.807) is 0 Å². The molecule has 0 aliphatic carbocycles. The molecule has 1 N–H and O–H groups in total. The Bertz CT molecular complexity index is 206. The summed E-state index contributed by atoms with van der Waals surface area (Å²) in [4.78, 5) is 0. The fraction of sp³-hybridized carbons (Fsp3) is 1.00. The first-order chi connectivity index (χ1) is 6.21. The number of nitrogens with zero attached hydrogens (tertiary/aromatic N) is 2. The van der Waals surface area contributed by atoms with Gasteiger partial charge in [-0.15, -0.1) is 0 Å². The van der Waals surface area contributed by atoms with Gasteiger partial charge >= 0.3 is 92.8 Å². The Hall–Kier alpha value is 0.408. The van der Waals surface area contributed by atoms with Crippen LogP contribution in [-0.4, -0.2) is 34.1 Å². The fourth-order valence-electron chi connectivity index (χ4n) is 1.55. The second kappa shape index (κ2) is 4.96. The maximum absolute atomic E-state index is 8.84. The molecule has 0 saturated heterocycles. The van der Waals surface area contributed by atoms with Gasteiger partial charge in [0.15, 0.2) is 0 Å². The number of rotatable bonds is 4. The molecule has 4 heteroatoms. The molecule has 0 aromatic rings. The molecule has 0 atom stereocenters. The van der Waals surface area contributed by atoms with E-state index in [1.807, 2.05) is 0 Å². The predicted octanol–water partition coefficient (Wildman–Crippen LogP) is 2.85. The Morgan fingerprint density at radius 1 is 1.00 bits per heavy atom. The predicted molar refractivity (Wildman–Crippen MR) is 59.0 cm³/mol. The van der Waals surface area contributed by atoms with Gasteiger partial charge in [-0.05, 0) is 0 Å². The van der Waals surface area contributed by atoms with E-state index < -0.39 is 16.4 Å². The van der Waals surface area contributed by atoms with Crippen LogP contribution in [0.3, 0.4) is 0 Å². The molecule has 0 aliphatic heterocycles. The van der Waals surface area contributed by atoms with Crippen molar-refractivity contribution in [1.29, 1.82) is 3.91 Å². The molecule has 0 rings (SSSR count). The minimum atomic E-state index is -3.05. The summed E-state index contributed by atoms with van der Waals surface area (Å²) in [5, 5.41) is 0. The second-order valence-corrected chi connectivity index (χ2v) is 17.4. The van der Waals surface area contributed by atoms with Crippen molar-refractivity contribution in [3.63, 3.8) is 0 Å². The summed E-state index contributed by atoms with van der Waals surface area (Å²) in [5.74, 6) is 0. The normalized spacial score (nSPS) is 14.1. The Morgan fingerprint density at radius 3 is 1.43 bits per heavy atom. The summed E-state index contributed by atoms with van der Waals surface area (Å²) >= 11 is -3.05. The van der Waals surface area contributed by atoms with E-state index in [0.717, 1.165) is 13.1 Å². The Labute approximate surface area is 92.9 Å². The first-order valence-corrected chi connectivity index (χ1v) is 10.8. The van der Waals surface area contributed by atoms with Crippen LogP contribution in [0.25, 0.3) is 0 Å². The summed E-state index contributed by atoms with van der Waals surface area (Å²) in [6, 6.07) is 0. The van der Waals surface area contributed by atoms with Gasteiger partial charge in [0.1, 0.15) is 0 Å². The maximum atomic E-state index is 8.84. The monoisotopic (exact) mass is 372 g/mol. The van der Waals surface area contributed by atoms with Crippen LogP contribution in [0, 0.1) is 3.91 Å². The van der Waals surface area contributed by atoms with Gasteiger partial charge in [-0.25, -0.2) is 0 Å². The van der Waals surface area contributed by atoms with Crippen LogP contribution in [0.1, 0.15) is 34.6 Å². The van der Waals surface area contributed by atoms with Crippen molar-refractivity contribution in [2.24, 2.45) is 0 Å². The van der Waals surface area contributed by atoms with E-state index in [4.69, 9.17) is 3.91 Å². The Balaban J connectivity index is 5.17. The number of hydrogen-bond acceptors (Lipinski definition) is 1. The van der Waals surface area contributed by atoms with Crippen molar-refractivity contribution in [1.82, 2.24) is 6.92 Å². The van der Waals surface area contributed by atoms with Crippen molar-refractivity contribution >= 4 is 0 Å². The van der Waals surface area contributed by atoms with Gasteiger partial charge in [0.2, 0.25) is 0 Å². The van der Waals surface area contributed by atoms with Crippen molar-refractivity contribution in [3.05, 3.63) is 0 Å². The standard InChI is InChI=1S/C4H9.2C3H8N.HN.W/c1-4(2)3;2*1-3-4-2;;/h1-3H3;2*3H2,1-2H3;1H;/q;2*-1;;+2. The molecule has 0 amide bonds. The molecule has 14 heavy (non-hydrogen) atoms. The fourth-order valence-corrected chi connectivity index (χ4v) is 12.7. The van der Waals surface area contributed by atoms with Gasteiger partial charge in [-0.1, -0.05) is 0 Å². The number of hydrogen-bond donors (Lipinski definition) is 1. The molecular formula is C10H26N3W. The van der Waals surface area contributed by atoms with Gasteiger partial charge < -0.3 is 0 Å². The van der Waals surface area contributed by atoms with Crippen molar-refractivity contribution in [2.75, 3.05) is 27.2 Å². The van der Waals surface area contributed by atoms with Crippen molar-refractivity contribution < 1.29 is 16.4 Å². The molecule has 0 saturated carbocycles. The van der Waals surface area contributed by atoms with Gasteiger partial charge in [-0.3, -0.25) is 0 Å². The van der Waals surface area contributed by atoms with Gasteiger partial charge in [0, 0.05) is 0 Å². The first-order valence-electron chi connectivity index (χ1n) is 5.21. The van der Waals surface area contributed by atoms with Crippen LogP contribution < -0.4 is 0 Å². The molecule has 0 aliphatic rings. The Kier molecular flexibility index (Phi) is 5.10. The van der Waals surface area contributed by atoms with Crippen LogP contribution in [0.2, 0.25) is 3.80 Å². The summed E-state index contributed by atoms with van der Waals surface area (Å²) in [7, 11) is 4.22. The van der Waals surface area contributed by atoms with E-state index >= 15 is 0 Å². The molecule has 0 heterocycles. The second-order valence-electron chi connectivity index (χ2n) is 4.55. The number of nitrogens with one attached hydrogen (secondary N) is 1. The third kappa shape index (κ3) is 2.50.